The van der Waals surface area contributed by atoms with E-state index in [1.807, 2.05) is 17.8 Å². The standard InChI is InChI=1S/C10H15N3O2/c1-8(14)6-10(15)13(3)7-9-11-4-5-12(9)2/h4-5H,6-7H2,1-3H3. The highest BCUT2D eigenvalue weighted by atomic mass is 16.2. The van der Waals surface area contributed by atoms with Crippen LogP contribution < -0.4 is 0 Å². The van der Waals surface area contributed by atoms with Crippen LogP contribution in [0.25, 0.3) is 0 Å². The van der Waals surface area contributed by atoms with Crippen molar-refractivity contribution < 1.29 is 9.59 Å². The van der Waals surface area contributed by atoms with E-state index in [1.165, 1.54) is 11.8 Å². The Kier molecular flexibility index (Phi) is 3.60. The van der Waals surface area contributed by atoms with Crippen LogP contribution in [0, 0.1) is 0 Å². The van der Waals surface area contributed by atoms with Crippen molar-refractivity contribution in [3.05, 3.63) is 18.2 Å². The number of rotatable bonds is 4. The molecular weight excluding hydrogens is 194 g/mol. The van der Waals surface area contributed by atoms with Gasteiger partial charge in [-0.3, -0.25) is 9.59 Å². The first kappa shape index (κ1) is 11.4. The predicted molar refractivity (Wildman–Crippen MR) is 55.0 cm³/mol. The largest absolute Gasteiger partial charge is 0.338 e. The molecule has 0 saturated heterocycles. The number of amides is 1. The van der Waals surface area contributed by atoms with E-state index in [9.17, 15) is 9.59 Å². The molecule has 0 radical (unpaired) electrons. The van der Waals surface area contributed by atoms with E-state index >= 15 is 0 Å². The predicted octanol–water partition coefficient (Wildman–Crippen LogP) is 0.358. The second kappa shape index (κ2) is 4.72. The lowest BCUT2D eigenvalue weighted by atomic mass is 10.3. The van der Waals surface area contributed by atoms with Crippen LogP contribution in [-0.4, -0.2) is 33.2 Å². The van der Waals surface area contributed by atoms with Crippen LogP contribution in [0.1, 0.15) is 19.2 Å². The molecule has 0 bridgehead atoms. The third-order valence-electron chi connectivity index (χ3n) is 2.13. The van der Waals surface area contributed by atoms with Crippen LogP contribution in [0.3, 0.4) is 0 Å². The summed E-state index contributed by atoms with van der Waals surface area (Å²) in [5, 5.41) is 0. The number of hydrogen-bond acceptors (Lipinski definition) is 3. The molecule has 15 heavy (non-hydrogen) atoms. The van der Waals surface area contributed by atoms with Gasteiger partial charge in [-0.25, -0.2) is 4.98 Å². The number of aromatic nitrogens is 2. The SMILES string of the molecule is CC(=O)CC(=O)N(C)Cc1nccn1C. The molecule has 1 amide bonds. The summed E-state index contributed by atoms with van der Waals surface area (Å²) in [6.07, 6.45) is 3.46. The number of aryl methyl sites for hydroxylation is 1. The molecule has 82 valence electrons. The number of hydrogen-bond donors (Lipinski definition) is 0. The summed E-state index contributed by atoms with van der Waals surface area (Å²) < 4.78 is 1.84. The summed E-state index contributed by atoms with van der Waals surface area (Å²) in [6, 6.07) is 0. The van der Waals surface area contributed by atoms with Crippen LogP contribution in [0.2, 0.25) is 0 Å². The fraction of sp³-hybridized carbons (Fsp3) is 0.500. The summed E-state index contributed by atoms with van der Waals surface area (Å²) in [4.78, 5) is 27.8. The van der Waals surface area contributed by atoms with Gasteiger partial charge >= 0.3 is 0 Å². The quantitative estimate of drug-likeness (QED) is 0.673. The van der Waals surface area contributed by atoms with Crippen LogP contribution in [0.4, 0.5) is 0 Å². The van der Waals surface area contributed by atoms with Gasteiger partial charge in [0.2, 0.25) is 5.91 Å². The fourth-order valence-corrected chi connectivity index (χ4v) is 1.20. The number of imidazole rings is 1. The average Bonchev–Trinajstić information content (AvgIpc) is 2.50. The first-order valence-corrected chi connectivity index (χ1v) is 4.70. The third-order valence-corrected chi connectivity index (χ3v) is 2.13. The Morgan fingerprint density at radius 3 is 2.67 bits per heavy atom. The van der Waals surface area contributed by atoms with E-state index in [-0.39, 0.29) is 18.1 Å². The van der Waals surface area contributed by atoms with Crippen molar-refractivity contribution in [1.82, 2.24) is 14.5 Å². The van der Waals surface area contributed by atoms with Gasteiger partial charge in [-0.05, 0) is 6.92 Å². The van der Waals surface area contributed by atoms with Crippen LogP contribution in [0.5, 0.6) is 0 Å². The molecule has 0 unspecified atom stereocenters. The number of carbonyl (C=O) groups is 2. The summed E-state index contributed by atoms with van der Waals surface area (Å²) in [6.45, 7) is 1.84. The fourth-order valence-electron chi connectivity index (χ4n) is 1.20. The van der Waals surface area contributed by atoms with E-state index in [1.54, 1.807) is 13.2 Å². The Labute approximate surface area is 88.7 Å². The van der Waals surface area contributed by atoms with Gasteiger partial charge in [-0.1, -0.05) is 0 Å². The molecule has 1 rings (SSSR count). The summed E-state index contributed by atoms with van der Waals surface area (Å²) in [5.41, 5.74) is 0. The molecule has 0 spiro atoms. The van der Waals surface area contributed by atoms with E-state index in [0.29, 0.717) is 6.54 Å². The molecule has 1 aromatic heterocycles. The Bertz CT molecular complexity index is 370. The maximum Gasteiger partial charge on any atom is 0.230 e. The Balaban J connectivity index is 2.56. The second-order valence-electron chi connectivity index (χ2n) is 3.58. The first-order chi connectivity index (χ1) is 7.00. The maximum absolute atomic E-state index is 11.5. The highest BCUT2D eigenvalue weighted by Gasteiger charge is 2.12. The highest BCUT2D eigenvalue weighted by Crippen LogP contribution is 2.01. The summed E-state index contributed by atoms with van der Waals surface area (Å²) >= 11 is 0. The van der Waals surface area contributed by atoms with Crippen molar-refractivity contribution in [2.24, 2.45) is 7.05 Å². The van der Waals surface area contributed by atoms with Gasteiger partial charge in [0, 0.05) is 26.5 Å². The number of nitrogens with zero attached hydrogens (tertiary/aromatic N) is 3. The molecule has 1 aromatic rings. The molecule has 5 heteroatoms. The van der Waals surface area contributed by atoms with Gasteiger partial charge in [-0.15, -0.1) is 0 Å². The minimum atomic E-state index is -0.175. The lowest BCUT2D eigenvalue weighted by Crippen LogP contribution is -2.28. The number of Topliss-reactive ketones (excluding diaryl/α,β-unsaturated/α-hetero) is 1. The molecule has 0 aliphatic heterocycles. The van der Waals surface area contributed by atoms with Crippen LogP contribution in [-0.2, 0) is 23.2 Å². The zero-order valence-corrected chi connectivity index (χ0v) is 9.23. The van der Waals surface area contributed by atoms with Crippen molar-refractivity contribution in [3.8, 4) is 0 Å². The number of carbonyl (C=O) groups excluding carboxylic acids is 2. The number of ketones is 1. The molecule has 0 aliphatic rings. The minimum Gasteiger partial charge on any atom is -0.338 e. The van der Waals surface area contributed by atoms with E-state index < -0.39 is 0 Å². The minimum absolute atomic E-state index is 0.0408. The highest BCUT2D eigenvalue weighted by molar-refractivity contribution is 5.96. The normalized spacial score (nSPS) is 10.1. The third kappa shape index (κ3) is 3.19. The van der Waals surface area contributed by atoms with Crippen LogP contribution in [0.15, 0.2) is 12.4 Å². The molecular formula is C10H15N3O2. The molecule has 0 aliphatic carbocycles. The molecule has 0 saturated carbocycles. The summed E-state index contributed by atoms with van der Waals surface area (Å²) in [7, 11) is 3.53. The zero-order valence-electron chi connectivity index (χ0n) is 9.23. The van der Waals surface area contributed by atoms with Gasteiger partial charge < -0.3 is 9.47 Å². The van der Waals surface area contributed by atoms with Gasteiger partial charge in [0.25, 0.3) is 0 Å². The first-order valence-electron chi connectivity index (χ1n) is 4.70. The lowest BCUT2D eigenvalue weighted by Gasteiger charge is -2.15. The Morgan fingerprint density at radius 1 is 1.53 bits per heavy atom. The molecule has 0 atom stereocenters. The Hall–Kier alpha value is -1.65. The summed E-state index contributed by atoms with van der Waals surface area (Å²) in [5.74, 6) is 0.506. The van der Waals surface area contributed by atoms with Crippen molar-refractivity contribution >= 4 is 11.7 Å². The van der Waals surface area contributed by atoms with Crippen LogP contribution >= 0.6 is 0 Å². The average molecular weight is 209 g/mol. The monoisotopic (exact) mass is 209 g/mol. The second-order valence-corrected chi connectivity index (χ2v) is 3.58. The molecule has 1 heterocycles. The van der Waals surface area contributed by atoms with Crippen molar-refractivity contribution in [3.63, 3.8) is 0 Å². The van der Waals surface area contributed by atoms with E-state index in [0.717, 1.165) is 5.82 Å². The van der Waals surface area contributed by atoms with Gasteiger partial charge in [0.1, 0.15) is 11.6 Å². The van der Waals surface area contributed by atoms with Gasteiger partial charge in [0.15, 0.2) is 0 Å². The van der Waals surface area contributed by atoms with E-state index in [2.05, 4.69) is 4.98 Å². The molecule has 0 N–H and O–H groups in total. The lowest BCUT2D eigenvalue weighted by molar-refractivity contribution is -0.134. The topological polar surface area (TPSA) is 55.2 Å². The van der Waals surface area contributed by atoms with Crippen molar-refractivity contribution in [2.75, 3.05) is 7.05 Å². The van der Waals surface area contributed by atoms with Gasteiger partial charge in [-0.2, -0.15) is 0 Å². The van der Waals surface area contributed by atoms with E-state index in [4.69, 9.17) is 0 Å². The molecule has 5 nitrogen and oxygen atoms in total. The Morgan fingerprint density at radius 2 is 2.20 bits per heavy atom. The smallest absolute Gasteiger partial charge is 0.230 e. The van der Waals surface area contributed by atoms with Crippen molar-refractivity contribution in [2.45, 2.75) is 19.9 Å². The van der Waals surface area contributed by atoms with Gasteiger partial charge in [0.05, 0.1) is 13.0 Å². The zero-order chi connectivity index (χ0) is 11.4. The van der Waals surface area contributed by atoms with Crippen molar-refractivity contribution in [1.29, 1.82) is 0 Å². The molecule has 0 aromatic carbocycles. The maximum atomic E-state index is 11.5. The molecule has 0 fully saturated rings.